The monoisotopic (exact) mass is 564 g/mol. The fourth-order valence-electron chi connectivity index (χ4n) is 3.78. The molecule has 9 heteroatoms. The van der Waals surface area contributed by atoms with Crippen molar-refractivity contribution in [2.75, 3.05) is 60.7 Å². The van der Waals surface area contributed by atoms with E-state index in [1.165, 1.54) is 0 Å². The maximum absolute atomic E-state index is 5.54. The van der Waals surface area contributed by atoms with Gasteiger partial charge in [-0.2, -0.15) is 0 Å². The number of nitrogens with zero attached hydrogens (tertiary/aromatic N) is 2. The Morgan fingerprint density at radius 2 is 1.66 bits per heavy atom. The van der Waals surface area contributed by atoms with Gasteiger partial charge in [-0.1, -0.05) is 13.8 Å². The Morgan fingerprint density at radius 1 is 1.03 bits per heavy atom. The highest BCUT2D eigenvalue weighted by Gasteiger charge is 2.22. The zero-order chi connectivity index (χ0) is 22.6. The standard InChI is InChI=1S/C23H40N4O4.HI/c1-7-24-23(26-16-19(12-17(2)3)27-8-10-31-11-9-27)25-15-18-13-21(29-5)22(30-6)14-20(18)28-4;/h13-14,17,19H,7-12,15-16H2,1-6H3,(H2,24,25,26);1H. The number of guanidine groups is 1. The molecule has 0 bridgehead atoms. The van der Waals surface area contributed by atoms with Crippen LogP contribution in [-0.2, 0) is 11.3 Å². The molecule has 1 saturated heterocycles. The predicted octanol–water partition coefficient (Wildman–Crippen LogP) is 3.13. The lowest BCUT2D eigenvalue weighted by Crippen LogP contribution is -2.51. The maximum atomic E-state index is 5.54. The van der Waals surface area contributed by atoms with E-state index in [-0.39, 0.29) is 24.0 Å². The molecule has 0 aliphatic carbocycles. The lowest BCUT2D eigenvalue weighted by molar-refractivity contribution is 0.0132. The fourth-order valence-corrected chi connectivity index (χ4v) is 3.78. The fraction of sp³-hybridized carbons (Fsp3) is 0.696. The maximum Gasteiger partial charge on any atom is 0.191 e. The average molecular weight is 565 g/mol. The molecule has 0 spiro atoms. The minimum atomic E-state index is 0. The van der Waals surface area contributed by atoms with E-state index in [4.69, 9.17) is 23.9 Å². The first kappa shape index (κ1) is 28.6. The molecular weight excluding hydrogens is 523 g/mol. The van der Waals surface area contributed by atoms with Gasteiger partial charge in [-0.15, -0.1) is 24.0 Å². The summed E-state index contributed by atoms with van der Waals surface area (Å²) in [7, 11) is 4.89. The van der Waals surface area contributed by atoms with E-state index in [2.05, 4.69) is 36.3 Å². The van der Waals surface area contributed by atoms with Gasteiger partial charge in [0.2, 0.25) is 0 Å². The Hall–Kier alpha value is -1.46. The summed E-state index contributed by atoms with van der Waals surface area (Å²) in [6.45, 7) is 12.3. The van der Waals surface area contributed by atoms with E-state index >= 15 is 0 Å². The highest BCUT2D eigenvalue weighted by Crippen LogP contribution is 2.34. The molecule has 1 fully saturated rings. The second-order valence-electron chi connectivity index (χ2n) is 8.03. The number of hydrogen-bond acceptors (Lipinski definition) is 6. The third-order valence-electron chi connectivity index (χ3n) is 5.35. The van der Waals surface area contributed by atoms with Gasteiger partial charge in [-0.25, -0.2) is 4.99 Å². The number of halogens is 1. The van der Waals surface area contributed by atoms with Crippen LogP contribution >= 0.6 is 24.0 Å². The van der Waals surface area contributed by atoms with Crippen molar-refractivity contribution in [2.45, 2.75) is 39.8 Å². The number of benzene rings is 1. The third-order valence-corrected chi connectivity index (χ3v) is 5.35. The van der Waals surface area contributed by atoms with E-state index in [1.54, 1.807) is 21.3 Å². The van der Waals surface area contributed by atoms with Crippen LogP contribution in [0, 0.1) is 5.92 Å². The lowest BCUT2D eigenvalue weighted by Gasteiger charge is -2.35. The smallest absolute Gasteiger partial charge is 0.191 e. The van der Waals surface area contributed by atoms with Crippen LogP contribution in [0.1, 0.15) is 32.8 Å². The number of hydrogen-bond donors (Lipinski definition) is 2. The van der Waals surface area contributed by atoms with Crippen LogP contribution in [0.15, 0.2) is 17.1 Å². The van der Waals surface area contributed by atoms with Crippen molar-refractivity contribution < 1.29 is 18.9 Å². The molecule has 1 aliphatic rings. The predicted molar refractivity (Wildman–Crippen MR) is 140 cm³/mol. The number of rotatable bonds is 11. The first-order chi connectivity index (χ1) is 15.0. The molecule has 0 amide bonds. The van der Waals surface area contributed by atoms with Gasteiger partial charge in [0.1, 0.15) is 5.75 Å². The lowest BCUT2D eigenvalue weighted by atomic mass is 10.0. The van der Waals surface area contributed by atoms with Crippen molar-refractivity contribution >= 4 is 29.9 Å². The molecule has 1 heterocycles. The molecule has 32 heavy (non-hydrogen) atoms. The summed E-state index contributed by atoms with van der Waals surface area (Å²) in [5.41, 5.74) is 0.935. The van der Waals surface area contributed by atoms with E-state index in [0.717, 1.165) is 63.1 Å². The number of nitrogens with one attached hydrogen (secondary N) is 2. The van der Waals surface area contributed by atoms with Gasteiger partial charge in [0.15, 0.2) is 17.5 Å². The van der Waals surface area contributed by atoms with E-state index in [1.807, 2.05) is 12.1 Å². The minimum absolute atomic E-state index is 0. The summed E-state index contributed by atoms with van der Waals surface area (Å²) in [4.78, 5) is 7.32. The third kappa shape index (κ3) is 8.82. The number of ether oxygens (including phenoxy) is 4. The summed E-state index contributed by atoms with van der Waals surface area (Å²) in [6, 6.07) is 4.20. The highest BCUT2D eigenvalue weighted by atomic mass is 127. The molecule has 2 N–H and O–H groups in total. The summed E-state index contributed by atoms with van der Waals surface area (Å²) in [6.07, 6.45) is 1.13. The van der Waals surface area contributed by atoms with Crippen LogP contribution in [-0.4, -0.2) is 77.6 Å². The van der Waals surface area contributed by atoms with Crippen LogP contribution in [0.4, 0.5) is 0 Å². The molecular formula is C23H41IN4O4. The van der Waals surface area contributed by atoms with Crippen LogP contribution < -0.4 is 24.8 Å². The molecule has 2 rings (SSSR count). The summed E-state index contributed by atoms with van der Waals surface area (Å²) >= 11 is 0. The second-order valence-corrected chi connectivity index (χ2v) is 8.03. The van der Waals surface area contributed by atoms with Crippen molar-refractivity contribution in [1.82, 2.24) is 15.5 Å². The summed E-state index contributed by atoms with van der Waals surface area (Å²) < 4.78 is 21.9. The van der Waals surface area contributed by atoms with Crippen LogP contribution in [0.5, 0.6) is 17.2 Å². The first-order valence-electron chi connectivity index (χ1n) is 11.1. The molecule has 184 valence electrons. The van der Waals surface area contributed by atoms with Crippen LogP contribution in [0.25, 0.3) is 0 Å². The second kappa shape index (κ2) is 15.4. The number of aliphatic imine (C=N–C) groups is 1. The van der Waals surface area contributed by atoms with Gasteiger partial charge < -0.3 is 29.6 Å². The highest BCUT2D eigenvalue weighted by molar-refractivity contribution is 14.0. The minimum Gasteiger partial charge on any atom is -0.496 e. The van der Waals surface area contributed by atoms with Crippen LogP contribution in [0.2, 0.25) is 0 Å². The normalized spacial score (nSPS) is 15.7. The van der Waals surface area contributed by atoms with E-state index in [9.17, 15) is 0 Å². The molecule has 0 radical (unpaired) electrons. The van der Waals surface area contributed by atoms with Gasteiger partial charge in [0, 0.05) is 43.9 Å². The van der Waals surface area contributed by atoms with Gasteiger partial charge in [0.25, 0.3) is 0 Å². The molecule has 1 unspecified atom stereocenters. The zero-order valence-electron chi connectivity index (χ0n) is 20.4. The Labute approximate surface area is 210 Å². The molecule has 1 atom stereocenters. The van der Waals surface area contributed by atoms with Crippen molar-refractivity contribution in [3.63, 3.8) is 0 Å². The molecule has 0 saturated carbocycles. The number of methoxy groups -OCH3 is 3. The topological polar surface area (TPSA) is 76.6 Å². The molecule has 8 nitrogen and oxygen atoms in total. The van der Waals surface area contributed by atoms with Gasteiger partial charge in [-0.3, -0.25) is 4.90 Å². The van der Waals surface area contributed by atoms with E-state index < -0.39 is 0 Å². The van der Waals surface area contributed by atoms with Crippen molar-refractivity contribution in [1.29, 1.82) is 0 Å². The van der Waals surface area contributed by atoms with Crippen LogP contribution in [0.3, 0.4) is 0 Å². The molecule has 1 aromatic rings. The molecule has 1 aliphatic heterocycles. The van der Waals surface area contributed by atoms with Gasteiger partial charge >= 0.3 is 0 Å². The first-order valence-corrected chi connectivity index (χ1v) is 11.1. The Bertz CT molecular complexity index is 697. The van der Waals surface area contributed by atoms with Crippen molar-refractivity contribution in [3.8, 4) is 17.2 Å². The van der Waals surface area contributed by atoms with E-state index in [0.29, 0.717) is 30.0 Å². The average Bonchev–Trinajstić information content (AvgIpc) is 2.79. The SMILES string of the molecule is CCNC(=NCc1cc(OC)c(OC)cc1OC)NCC(CC(C)C)N1CCOCC1.I. The Morgan fingerprint density at radius 3 is 2.22 bits per heavy atom. The molecule has 1 aromatic carbocycles. The molecule has 0 aromatic heterocycles. The summed E-state index contributed by atoms with van der Waals surface area (Å²) in [5, 5.41) is 6.89. The zero-order valence-corrected chi connectivity index (χ0v) is 22.7. The summed E-state index contributed by atoms with van der Waals surface area (Å²) in [5.74, 6) is 3.45. The Balaban J connectivity index is 0.00000512. The Kier molecular flexibility index (Phi) is 13.7. The largest absolute Gasteiger partial charge is 0.496 e. The quantitative estimate of drug-likeness (QED) is 0.243. The van der Waals surface area contributed by atoms with Crippen molar-refractivity contribution in [2.24, 2.45) is 10.9 Å². The van der Waals surface area contributed by atoms with Gasteiger partial charge in [0.05, 0.1) is 41.1 Å². The number of morpholine rings is 1. The van der Waals surface area contributed by atoms with Crippen molar-refractivity contribution in [3.05, 3.63) is 17.7 Å². The van der Waals surface area contributed by atoms with Gasteiger partial charge in [-0.05, 0) is 25.3 Å².